The molecule has 1 aromatic carbocycles. The molecule has 0 heterocycles. The topological polar surface area (TPSA) is 98.5 Å². The summed E-state index contributed by atoms with van der Waals surface area (Å²) >= 11 is 0. The van der Waals surface area contributed by atoms with Gasteiger partial charge in [-0.1, -0.05) is 26.7 Å². The van der Waals surface area contributed by atoms with Gasteiger partial charge < -0.3 is 4.74 Å². The predicted molar refractivity (Wildman–Crippen MR) is 88.1 cm³/mol. The number of nitro groups is 1. The molecule has 130 valence electrons. The van der Waals surface area contributed by atoms with Crippen molar-refractivity contribution in [1.29, 1.82) is 0 Å². The molecule has 0 saturated heterocycles. The van der Waals surface area contributed by atoms with E-state index in [1.165, 1.54) is 19.2 Å². The Morgan fingerprint density at radius 2 is 1.91 bits per heavy atom. The molecule has 0 radical (unpaired) electrons. The number of nitro benzene ring substituents is 1. The van der Waals surface area contributed by atoms with Gasteiger partial charge in [-0.15, -0.1) is 0 Å². The molecule has 23 heavy (non-hydrogen) atoms. The summed E-state index contributed by atoms with van der Waals surface area (Å²) < 4.78 is 32.1. The maximum Gasteiger partial charge on any atom is 0.312 e. The number of ether oxygens (including phenoxy) is 1. The molecule has 0 bridgehead atoms. The fraction of sp³-hybridized carbons (Fsp3) is 0.600. The Bertz CT molecular complexity index is 643. The van der Waals surface area contributed by atoms with Gasteiger partial charge in [-0.2, -0.15) is 0 Å². The molecule has 8 heteroatoms. The van der Waals surface area contributed by atoms with Crippen molar-refractivity contribution in [2.45, 2.75) is 51.0 Å². The zero-order valence-corrected chi connectivity index (χ0v) is 14.7. The summed E-state index contributed by atoms with van der Waals surface area (Å²) in [6, 6.07) is 3.37. The van der Waals surface area contributed by atoms with Gasteiger partial charge in [0.05, 0.1) is 16.9 Å². The fourth-order valence-corrected chi connectivity index (χ4v) is 3.50. The molecule has 0 aliphatic heterocycles. The minimum Gasteiger partial charge on any atom is -0.490 e. The van der Waals surface area contributed by atoms with Gasteiger partial charge in [0.2, 0.25) is 10.0 Å². The highest BCUT2D eigenvalue weighted by Gasteiger charge is 2.23. The molecule has 0 aromatic heterocycles. The van der Waals surface area contributed by atoms with Crippen molar-refractivity contribution in [2.75, 3.05) is 7.11 Å². The van der Waals surface area contributed by atoms with E-state index in [9.17, 15) is 18.5 Å². The lowest BCUT2D eigenvalue weighted by atomic mass is 10.0. The first-order valence-electron chi connectivity index (χ1n) is 7.52. The molecule has 1 unspecified atom stereocenters. The van der Waals surface area contributed by atoms with Crippen LogP contribution < -0.4 is 9.46 Å². The van der Waals surface area contributed by atoms with Crippen LogP contribution in [0.4, 0.5) is 5.69 Å². The summed E-state index contributed by atoms with van der Waals surface area (Å²) in [6.45, 7) is 6.02. The van der Waals surface area contributed by atoms with Gasteiger partial charge in [0.15, 0.2) is 5.75 Å². The largest absolute Gasteiger partial charge is 0.490 e. The molecule has 0 amide bonds. The summed E-state index contributed by atoms with van der Waals surface area (Å²) in [5, 5.41) is 11.0. The maximum absolute atomic E-state index is 12.3. The van der Waals surface area contributed by atoms with Gasteiger partial charge in [0.1, 0.15) is 0 Å². The molecule has 0 spiro atoms. The standard InChI is InChI=1S/C15H24N2O5S/c1-11(2)6-5-7-12(3)16-23(20,21)13-8-9-15(22-4)14(10-13)17(18)19/h8-12,16H,5-7H2,1-4H3. The number of nitrogens with one attached hydrogen (secondary N) is 1. The third-order valence-corrected chi connectivity index (χ3v) is 5.02. The van der Waals surface area contributed by atoms with Gasteiger partial charge in [-0.25, -0.2) is 13.1 Å². The summed E-state index contributed by atoms with van der Waals surface area (Å²) in [5.74, 6) is 0.599. The van der Waals surface area contributed by atoms with E-state index >= 15 is 0 Å². The van der Waals surface area contributed by atoms with Crippen molar-refractivity contribution in [1.82, 2.24) is 4.72 Å². The molecule has 0 aliphatic carbocycles. The van der Waals surface area contributed by atoms with E-state index in [2.05, 4.69) is 18.6 Å². The molecule has 7 nitrogen and oxygen atoms in total. The molecule has 0 saturated carbocycles. The lowest BCUT2D eigenvalue weighted by Crippen LogP contribution is -2.32. The van der Waals surface area contributed by atoms with Crippen LogP contribution in [0.2, 0.25) is 0 Å². The van der Waals surface area contributed by atoms with E-state index in [0.29, 0.717) is 5.92 Å². The Morgan fingerprint density at radius 1 is 1.26 bits per heavy atom. The second-order valence-electron chi connectivity index (χ2n) is 5.94. The maximum atomic E-state index is 12.3. The van der Waals surface area contributed by atoms with Crippen LogP contribution in [-0.4, -0.2) is 26.5 Å². The van der Waals surface area contributed by atoms with Gasteiger partial charge in [-0.05, 0) is 31.4 Å². The number of methoxy groups -OCH3 is 1. The van der Waals surface area contributed by atoms with Crippen molar-refractivity contribution < 1.29 is 18.1 Å². The Hall–Kier alpha value is -1.67. The van der Waals surface area contributed by atoms with Crippen molar-refractivity contribution in [2.24, 2.45) is 5.92 Å². The van der Waals surface area contributed by atoms with Crippen LogP contribution in [0.25, 0.3) is 0 Å². The lowest BCUT2D eigenvalue weighted by Gasteiger charge is -2.15. The molecule has 0 aliphatic rings. The zero-order valence-electron chi connectivity index (χ0n) is 13.9. The number of rotatable bonds is 9. The molecule has 1 N–H and O–H groups in total. The van der Waals surface area contributed by atoms with E-state index in [1.54, 1.807) is 6.92 Å². The van der Waals surface area contributed by atoms with Gasteiger partial charge in [-0.3, -0.25) is 10.1 Å². The van der Waals surface area contributed by atoms with E-state index in [4.69, 9.17) is 4.74 Å². The van der Waals surface area contributed by atoms with Crippen LogP contribution in [-0.2, 0) is 10.0 Å². The summed E-state index contributed by atoms with van der Waals surface area (Å²) in [4.78, 5) is 10.2. The minimum atomic E-state index is -3.80. The number of nitrogens with zero attached hydrogens (tertiary/aromatic N) is 1. The van der Waals surface area contributed by atoms with Gasteiger partial charge in [0.25, 0.3) is 0 Å². The third kappa shape index (κ3) is 5.80. The first kappa shape index (κ1) is 19.4. The molecular formula is C15H24N2O5S. The van der Waals surface area contributed by atoms with Crippen LogP contribution >= 0.6 is 0 Å². The van der Waals surface area contributed by atoms with E-state index in [-0.39, 0.29) is 22.4 Å². The molecule has 1 rings (SSSR count). The van der Waals surface area contributed by atoms with Gasteiger partial charge in [0, 0.05) is 12.1 Å². The quantitative estimate of drug-likeness (QED) is 0.548. The number of hydrogen-bond donors (Lipinski definition) is 1. The predicted octanol–water partition coefficient (Wildman–Crippen LogP) is 3.10. The van der Waals surface area contributed by atoms with Crippen LogP contribution in [0.1, 0.15) is 40.0 Å². The zero-order chi connectivity index (χ0) is 17.6. The third-order valence-electron chi connectivity index (χ3n) is 3.43. The van der Waals surface area contributed by atoms with E-state index in [1.807, 2.05) is 0 Å². The Balaban J connectivity index is 2.87. The number of benzene rings is 1. The monoisotopic (exact) mass is 344 g/mol. The number of sulfonamides is 1. The Labute approximate surface area is 137 Å². The second-order valence-corrected chi connectivity index (χ2v) is 7.65. The SMILES string of the molecule is COc1ccc(S(=O)(=O)NC(C)CCCC(C)C)cc1[N+](=O)[O-]. The van der Waals surface area contributed by atoms with Crippen LogP contribution in [0.5, 0.6) is 5.75 Å². The number of hydrogen-bond acceptors (Lipinski definition) is 5. The Morgan fingerprint density at radius 3 is 2.43 bits per heavy atom. The Kier molecular flexibility index (Phi) is 6.96. The van der Waals surface area contributed by atoms with Crippen molar-refractivity contribution in [3.8, 4) is 5.75 Å². The summed E-state index contributed by atoms with van der Waals surface area (Å²) in [6.07, 6.45) is 2.67. The summed E-state index contributed by atoms with van der Waals surface area (Å²) in [5.41, 5.74) is -0.372. The molecule has 0 fully saturated rings. The van der Waals surface area contributed by atoms with Crippen LogP contribution in [0.15, 0.2) is 23.1 Å². The molecule has 1 aromatic rings. The van der Waals surface area contributed by atoms with Gasteiger partial charge >= 0.3 is 5.69 Å². The highest BCUT2D eigenvalue weighted by atomic mass is 32.2. The summed E-state index contributed by atoms with van der Waals surface area (Å²) in [7, 11) is -2.50. The first-order valence-corrected chi connectivity index (χ1v) is 9.00. The highest BCUT2D eigenvalue weighted by molar-refractivity contribution is 7.89. The van der Waals surface area contributed by atoms with Crippen molar-refractivity contribution in [3.63, 3.8) is 0 Å². The highest BCUT2D eigenvalue weighted by Crippen LogP contribution is 2.29. The minimum absolute atomic E-state index is 0.0268. The van der Waals surface area contributed by atoms with E-state index < -0.39 is 14.9 Å². The van der Waals surface area contributed by atoms with E-state index in [0.717, 1.165) is 25.3 Å². The smallest absolute Gasteiger partial charge is 0.312 e. The second kappa shape index (κ2) is 8.26. The molecule has 1 atom stereocenters. The normalized spacial score (nSPS) is 13.1. The average molecular weight is 344 g/mol. The van der Waals surface area contributed by atoms with Crippen molar-refractivity contribution >= 4 is 15.7 Å². The fourth-order valence-electron chi connectivity index (χ4n) is 2.20. The van der Waals surface area contributed by atoms with Crippen molar-refractivity contribution in [3.05, 3.63) is 28.3 Å². The molecular weight excluding hydrogens is 320 g/mol. The van der Waals surface area contributed by atoms with Crippen LogP contribution in [0.3, 0.4) is 0 Å². The first-order chi connectivity index (χ1) is 10.7. The average Bonchev–Trinajstić information content (AvgIpc) is 2.45. The lowest BCUT2D eigenvalue weighted by molar-refractivity contribution is -0.386. The van der Waals surface area contributed by atoms with Crippen LogP contribution in [0, 0.1) is 16.0 Å².